The normalized spacial score (nSPS) is 23.2. The Morgan fingerprint density at radius 3 is 2.81 bits per heavy atom. The summed E-state index contributed by atoms with van der Waals surface area (Å²) >= 11 is 3.41. The minimum atomic E-state index is -2.81. The standard InChI is InChI=1S/C11H14BrNO2S/c1-8-2-3-9(12)6-11(8)13-10-4-5-16(14,15)7-10/h2-3,6,10,13H,4-5,7H2,1H3. The number of halogens is 1. The number of anilines is 1. The molecule has 1 atom stereocenters. The molecule has 1 aliphatic rings. The lowest BCUT2D eigenvalue weighted by atomic mass is 10.1. The quantitative estimate of drug-likeness (QED) is 0.912. The van der Waals surface area contributed by atoms with Crippen molar-refractivity contribution in [3.05, 3.63) is 28.2 Å². The van der Waals surface area contributed by atoms with Crippen LogP contribution in [0.5, 0.6) is 0 Å². The minimum Gasteiger partial charge on any atom is -0.381 e. The van der Waals surface area contributed by atoms with Crippen molar-refractivity contribution in [1.82, 2.24) is 0 Å². The first kappa shape index (κ1) is 11.9. The van der Waals surface area contributed by atoms with E-state index in [4.69, 9.17) is 0 Å². The first-order chi connectivity index (χ1) is 7.46. The number of hydrogen-bond donors (Lipinski definition) is 1. The third-order valence-corrected chi connectivity index (χ3v) is 5.05. The molecular formula is C11H14BrNO2S. The van der Waals surface area contributed by atoms with Crippen molar-refractivity contribution in [3.8, 4) is 0 Å². The van der Waals surface area contributed by atoms with Gasteiger partial charge in [0.25, 0.3) is 0 Å². The summed E-state index contributed by atoms with van der Waals surface area (Å²) in [6.45, 7) is 2.01. The maximum atomic E-state index is 11.3. The molecule has 2 rings (SSSR count). The molecule has 1 fully saturated rings. The summed E-state index contributed by atoms with van der Waals surface area (Å²) in [4.78, 5) is 0. The fraction of sp³-hybridized carbons (Fsp3) is 0.455. The fourth-order valence-electron chi connectivity index (χ4n) is 1.88. The second-order valence-corrected chi connectivity index (χ2v) is 7.35. The van der Waals surface area contributed by atoms with Gasteiger partial charge in [0.15, 0.2) is 9.84 Å². The molecule has 1 aromatic carbocycles. The molecule has 0 radical (unpaired) electrons. The second kappa shape index (κ2) is 4.37. The zero-order valence-electron chi connectivity index (χ0n) is 9.03. The Bertz CT molecular complexity index is 499. The Kier molecular flexibility index (Phi) is 3.26. The predicted molar refractivity (Wildman–Crippen MR) is 69.6 cm³/mol. The molecule has 88 valence electrons. The summed E-state index contributed by atoms with van der Waals surface area (Å²) in [5, 5.41) is 3.30. The largest absolute Gasteiger partial charge is 0.381 e. The van der Waals surface area contributed by atoms with E-state index in [0.717, 1.165) is 15.7 Å². The lowest BCUT2D eigenvalue weighted by Crippen LogP contribution is -2.21. The van der Waals surface area contributed by atoms with Crippen molar-refractivity contribution in [2.75, 3.05) is 16.8 Å². The highest BCUT2D eigenvalue weighted by molar-refractivity contribution is 9.10. The zero-order chi connectivity index (χ0) is 11.8. The van der Waals surface area contributed by atoms with E-state index in [1.165, 1.54) is 0 Å². The molecule has 0 aliphatic carbocycles. The van der Waals surface area contributed by atoms with Gasteiger partial charge in [-0.2, -0.15) is 0 Å². The summed E-state index contributed by atoms with van der Waals surface area (Å²) in [6, 6.07) is 6.03. The minimum absolute atomic E-state index is 0.0537. The predicted octanol–water partition coefficient (Wildman–Crippen LogP) is 2.36. The summed E-state index contributed by atoms with van der Waals surface area (Å²) < 4.78 is 23.7. The lowest BCUT2D eigenvalue weighted by Gasteiger charge is -2.14. The molecular weight excluding hydrogens is 290 g/mol. The van der Waals surface area contributed by atoms with Crippen LogP contribution in [-0.2, 0) is 9.84 Å². The average Bonchev–Trinajstić information content (AvgIpc) is 2.52. The van der Waals surface area contributed by atoms with Crippen LogP contribution in [0.1, 0.15) is 12.0 Å². The van der Waals surface area contributed by atoms with Gasteiger partial charge in [-0.3, -0.25) is 0 Å². The monoisotopic (exact) mass is 303 g/mol. The van der Waals surface area contributed by atoms with Crippen LogP contribution in [0, 0.1) is 6.92 Å². The number of rotatable bonds is 2. The van der Waals surface area contributed by atoms with Crippen molar-refractivity contribution >= 4 is 31.5 Å². The Balaban J connectivity index is 2.13. The van der Waals surface area contributed by atoms with Gasteiger partial charge in [0.2, 0.25) is 0 Å². The average molecular weight is 304 g/mol. The Labute approximate surface area is 104 Å². The van der Waals surface area contributed by atoms with Crippen LogP contribution in [-0.4, -0.2) is 26.0 Å². The van der Waals surface area contributed by atoms with Gasteiger partial charge < -0.3 is 5.32 Å². The van der Waals surface area contributed by atoms with E-state index in [9.17, 15) is 8.42 Å². The van der Waals surface area contributed by atoms with Gasteiger partial charge in [0, 0.05) is 16.2 Å². The van der Waals surface area contributed by atoms with E-state index in [1.807, 2.05) is 25.1 Å². The fourth-order valence-corrected chi connectivity index (χ4v) is 3.91. The summed E-state index contributed by atoms with van der Waals surface area (Å²) in [5.74, 6) is 0.552. The van der Waals surface area contributed by atoms with E-state index in [2.05, 4.69) is 21.2 Å². The molecule has 1 aromatic rings. The summed E-state index contributed by atoms with van der Waals surface area (Å²) in [6.07, 6.45) is 0.703. The molecule has 16 heavy (non-hydrogen) atoms. The molecule has 0 amide bonds. The molecule has 3 nitrogen and oxygen atoms in total. The van der Waals surface area contributed by atoms with Crippen LogP contribution < -0.4 is 5.32 Å². The topological polar surface area (TPSA) is 46.2 Å². The molecule has 5 heteroatoms. The van der Waals surface area contributed by atoms with Crippen LogP contribution in [0.3, 0.4) is 0 Å². The van der Waals surface area contributed by atoms with Crippen molar-refractivity contribution in [1.29, 1.82) is 0 Å². The summed E-state index contributed by atoms with van der Waals surface area (Å²) in [5.41, 5.74) is 2.14. The molecule has 1 saturated heterocycles. The number of aryl methyl sites for hydroxylation is 1. The van der Waals surface area contributed by atoms with Gasteiger partial charge in [0.1, 0.15) is 0 Å². The zero-order valence-corrected chi connectivity index (χ0v) is 11.4. The third kappa shape index (κ3) is 2.77. The van der Waals surface area contributed by atoms with Gasteiger partial charge in [0.05, 0.1) is 11.5 Å². The van der Waals surface area contributed by atoms with E-state index in [1.54, 1.807) is 0 Å². The Hall–Kier alpha value is -0.550. The number of sulfone groups is 1. The van der Waals surface area contributed by atoms with Gasteiger partial charge >= 0.3 is 0 Å². The SMILES string of the molecule is Cc1ccc(Br)cc1NC1CCS(=O)(=O)C1. The van der Waals surface area contributed by atoms with Gasteiger partial charge in [-0.15, -0.1) is 0 Å². The van der Waals surface area contributed by atoms with Crippen molar-refractivity contribution < 1.29 is 8.42 Å². The first-order valence-corrected chi connectivity index (χ1v) is 7.81. The molecule has 0 spiro atoms. The van der Waals surface area contributed by atoms with Crippen LogP contribution in [0.2, 0.25) is 0 Å². The van der Waals surface area contributed by atoms with Crippen LogP contribution in [0.4, 0.5) is 5.69 Å². The Morgan fingerprint density at radius 1 is 1.44 bits per heavy atom. The highest BCUT2D eigenvalue weighted by Crippen LogP contribution is 2.24. The first-order valence-electron chi connectivity index (χ1n) is 5.19. The van der Waals surface area contributed by atoms with E-state index in [0.29, 0.717) is 12.2 Å². The maximum absolute atomic E-state index is 11.3. The highest BCUT2D eigenvalue weighted by atomic mass is 79.9. The molecule has 1 N–H and O–H groups in total. The van der Waals surface area contributed by atoms with Crippen LogP contribution >= 0.6 is 15.9 Å². The lowest BCUT2D eigenvalue weighted by molar-refractivity contribution is 0.602. The third-order valence-electron chi connectivity index (χ3n) is 2.79. The molecule has 0 aromatic heterocycles. The van der Waals surface area contributed by atoms with Crippen molar-refractivity contribution in [3.63, 3.8) is 0 Å². The molecule has 1 aliphatic heterocycles. The van der Waals surface area contributed by atoms with Crippen molar-refractivity contribution in [2.45, 2.75) is 19.4 Å². The molecule has 1 heterocycles. The smallest absolute Gasteiger partial charge is 0.152 e. The van der Waals surface area contributed by atoms with E-state index < -0.39 is 9.84 Å². The molecule has 1 unspecified atom stereocenters. The Morgan fingerprint density at radius 2 is 2.19 bits per heavy atom. The maximum Gasteiger partial charge on any atom is 0.152 e. The number of benzene rings is 1. The molecule has 0 saturated carbocycles. The van der Waals surface area contributed by atoms with Gasteiger partial charge in [-0.05, 0) is 31.0 Å². The summed E-state index contributed by atoms with van der Waals surface area (Å²) in [7, 11) is -2.81. The van der Waals surface area contributed by atoms with E-state index >= 15 is 0 Å². The van der Waals surface area contributed by atoms with Crippen molar-refractivity contribution in [2.24, 2.45) is 0 Å². The second-order valence-electron chi connectivity index (χ2n) is 4.20. The highest BCUT2D eigenvalue weighted by Gasteiger charge is 2.27. The van der Waals surface area contributed by atoms with E-state index in [-0.39, 0.29) is 11.8 Å². The molecule has 0 bridgehead atoms. The van der Waals surface area contributed by atoms with Gasteiger partial charge in [-0.25, -0.2) is 8.42 Å². The number of nitrogens with one attached hydrogen (secondary N) is 1. The van der Waals surface area contributed by atoms with Crippen LogP contribution in [0.25, 0.3) is 0 Å². The van der Waals surface area contributed by atoms with Crippen LogP contribution in [0.15, 0.2) is 22.7 Å². The van der Waals surface area contributed by atoms with Gasteiger partial charge in [-0.1, -0.05) is 22.0 Å². The number of hydrogen-bond acceptors (Lipinski definition) is 3.